The fourth-order valence-corrected chi connectivity index (χ4v) is 2.10. The van der Waals surface area contributed by atoms with Crippen LogP contribution in [-0.2, 0) is 6.54 Å². The predicted molar refractivity (Wildman–Crippen MR) is 78.3 cm³/mol. The number of carbonyl (C=O) groups excluding carboxylic acids is 1. The molecule has 0 unspecified atom stereocenters. The van der Waals surface area contributed by atoms with Crippen LogP contribution in [0.3, 0.4) is 0 Å². The van der Waals surface area contributed by atoms with Gasteiger partial charge in [-0.15, -0.1) is 11.3 Å². The largest absolute Gasteiger partial charge is 0.395 e. The second-order valence-electron chi connectivity index (χ2n) is 4.12. The molecule has 0 aliphatic rings. The molecular weight excluding hydrogens is 291 g/mol. The zero-order chi connectivity index (χ0) is 15.1. The first-order valence-electron chi connectivity index (χ1n) is 6.25. The fraction of sp³-hybridized carbons (Fsp3) is 0.200. The van der Waals surface area contributed by atoms with E-state index < -0.39 is 5.82 Å². The topological polar surface area (TPSA) is 62.2 Å². The highest BCUT2D eigenvalue weighted by molar-refractivity contribution is 7.09. The number of amides is 1. The van der Waals surface area contributed by atoms with Gasteiger partial charge < -0.3 is 10.4 Å². The van der Waals surface area contributed by atoms with E-state index in [4.69, 9.17) is 5.11 Å². The van der Waals surface area contributed by atoms with Crippen molar-refractivity contribution in [2.45, 2.75) is 13.0 Å². The molecule has 0 aliphatic heterocycles. The Balaban J connectivity index is 2.02. The fourth-order valence-electron chi connectivity index (χ4n) is 1.57. The van der Waals surface area contributed by atoms with Crippen molar-refractivity contribution in [1.82, 2.24) is 10.3 Å². The van der Waals surface area contributed by atoms with Crippen LogP contribution in [0.15, 0.2) is 29.9 Å². The lowest BCUT2D eigenvalue weighted by Crippen LogP contribution is -2.22. The van der Waals surface area contributed by atoms with Crippen LogP contribution in [0.5, 0.6) is 0 Å². The minimum Gasteiger partial charge on any atom is -0.395 e. The van der Waals surface area contributed by atoms with Crippen LogP contribution >= 0.6 is 11.3 Å². The maximum absolute atomic E-state index is 13.8. The summed E-state index contributed by atoms with van der Waals surface area (Å²) < 4.78 is 13.8. The zero-order valence-corrected chi connectivity index (χ0v) is 11.9. The van der Waals surface area contributed by atoms with Crippen molar-refractivity contribution in [3.05, 3.63) is 51.7 Å². The molecule has 2 rings (SSSR count). The first-order chi connectivity index (χ1) is 10.2. The molecule has 0 aliphatic carbocycles. The molecule has 0 saturated heterocycles. The van der Waals surface area contributed by atoms with Gasteiger partial charge in [-0.3, -0.25) is 9.78 Å². The van der Waals surface area contributed by atoms with E-state index in [1.807, 2.05) is 0 Å². The number of carbonyl (C=O) groups is 1. The summed E-state index contributed by atoms with van der Waals surface area (Å²) in [6, 6.07) is 4.14. The van der Waals surface area contributed by atoms with Gasteiger partial charge in [0.15, 0.2) is 0 Å². The van der Waals surface area contributed by atoms with Crippen LogP contribution in [0, 0.1) is 17.7 Å². The van der Waals surface area contributed by atoms with Crippen molar-refractivity contribution in [3.8, 4) is 11.8 Å². The normalized spacial score (nSPS) is 9.81. The third kappa shape index (κ3) is 4.38. The number of hydrogen-bond acceptors (Lipinski definition) is 4. The van der Waals surface area contributed by atoms with Crippen LogP contribution in [0.4, 0.5) is 4.39 Å². The highest BCUT2D eigenvalue weighted by atomic mass is 32.1. The minimum atomic E-state index is -0.550. The molecule has 1 aromatic heterocycles. The van der Waals surface area contributed by atoms with Gasteiger partial charge in [0.05, 0.1) is 24.2 Å². The number of benzene rings is 1. The quantitative estimate of drug-likeness (QED) is 0.849. The third-order valence-electron chi connectivity index (χ3n) is 2.60. The standard InChI is InChI=1S/C15H13FN2O2S/c16-14-7-12(5-4-11(14)3-1-2-6-19)15(20)18-9-13-8-17-10-21-13/h4-5,7-8,10,19H,2,6,9H2,(H,18,20). The van der Waals surface area contributed by atoms with Gasteiger partial charge in [-0.1, -0.05) is 11.8 Å². The van der Waals surface area contributed by atoms with Gasteiger partial charge in [-0.05, 0) is 18.2 Å². The highest BCUT2D eigenvalue weighted by Gasteiger charge is 2.09. The maximum Gasteiger partial charge on any atom is 0.251 e. The number of nitrogens with zero attached hydrogens (tertiary/aromatic N) is 1. The molecule has 1 heterocycles. The van der Waals surface area contributed by atoms with E-state index in [0.717, 1.165) is 10.9 Å². The number of aliphatic hydroxyl groups is 1. The molecule has 2 aromatic rings. The summed E-state index contributed by atoms with van der Waals surface area (Å²) in [6.45, 7) is 0.301. The van der Waals surface area contributed by atoms with Crippen molar-refractivity contribution >= 4 is 17.2 Å². The van der Waals surface area contributed by atoms with Gasteiger partial charge in [-0.2, -0.15) is 0 Å². The summed E-state index contributed by atoms with van der Waals surface area (Å²) in [7, 11) is 0. The van der Waals surface area contributed by atoms with E-state index in [1.165, 1.54) is 23.5 Å². The number of rotatable bonds is 4. The summed E-state index contributed by atoms with van der Waals surface area (Å²) in [5.74, 6) is 4.35. The predicted octanol–water partition coefficient (Wildman–Crippen LogP) is 1.95. The van der Waals surface area contributed by atoms with Crippen molar-refractivity contribution in [2.75, 3.05) is 6.61 Å². The van der Waals surface area contributed by atoms with Gasteiger partial charge in [0, 0.05) is 23.1 Å². The SMILES string of the molecule is O=C(NCc1cncs1)c1ccc(C#CCCO)c(F)c1. The molecule has 21 heavy (non-hydrogen) atoms. The van der Waals surface area contributed by atoms with Crippen LogP contribution in [0.1, 0.15) is 27.2 Å². The Hall–Kier alpha value is -2.23. The number of hydrogen-bond donors (Lipinski definition) is 2. The molecule has 2 N–H and O–H groups in total. The van der Waals surface area contributed by atoms with Crippen molar-refractivity contribution in [3.63, 3.8) is 0 Å². The number of thiazole rings is 1. The van der Waals surface area contributed by atoms with Gasteiger partial charge in [-0.25, -0.2) is 4.39 Å². The smallest absolute Gasteiger partial charge is 0.251 e. The highest BCUT2D eigenvalue weighted by Crippen LogP contribution is 2.10. The Morgan fingerprint density at radius 1 is 1.48 bits per heavy atom. The number of nitrogens with one attached hydrogen (secondary N) is 1. The van der Waals surface area contributed by atoms with Crippen molar-refractivity contribution in [1.29, 1.82) is 0 Å². The van der Waals surface area contributed by atoms with Gasteiger partial charge in [0.25, 0.3) is 5.91 Å². The average molecular weight is 304 g/mol. The van der Waals surface area contributed by atoms with E-state index in [0.29, 0.717) is 6.54 Å². The molecule has 6 heteroatoms. The number of aromatic nitrogens is 1. The van der Waals surface area contributed by atoms with Crippen LogP contribution < -0.4 is 5.32 Å². The summed E-state index contributed by atoms with van der Waals surface area (Å²) in [5, 5.41) is 11.3. The number of halogens is 1. The molecule has 108 valence electrons. The molecule has 0 saturated carbocycles. The Morgan fingerprint density at radius 2 is 2.33 bits per heavy atom. The lowest BCUT2D eigenvalue weighted by atomic mass is 10.1. The van der Waals surface area contributed by atoms with E-state index in [9.17, 15) is 9.18 Å². The molecule has 4 nitrogen and oxygen atoms in total. The zero-order valence-electron chi connectivity index (χ0n) is 11.1. The van der Waals surface area contributed by atoms with Crippen molar-refractivity contribution < 1.29 is 14.3 Å². The third-order valence-corrected chi connectivity index (χ3v) is 3.38. The van der Waals surface area contributed by atoms with E-state index in [1.54, 1.807) is 11.7 Å². The molecule has 0 atom stereocenters. The van der Waals surface area contributed by atoms with E-state index in [2.05, 4.69) is 22.1 Å². The Labute approximate surface area is 125 Å². The van der Waals surface area contributed by atoms with Gasteiger partial charge >= 0.3 is 0 Å². The molecule has 0 radical (unpaired) electrons. The number of aliphatic hydroxyl groups excluding tert-OH is 1. The van der Waals surface area contributed by atoms with Crippen LogP contribution in [0.2, 0.25) is 0 Å². The summed E-state index contributed by atoms with van der Waals surface area (Å²) in [4.78, 5) is 16.7. The summed E-state index contributed by atoms with van der Waals surface area (Å²) >= 11 is 1.44. The molecule has 1 aromatic carbocycles. The van der Waals surface area contributed by atoms with Crippen LogP contribution in [-0.4, -0.2) is 22.6 Å². The lowest BCUT2D eigenvalue weighted by molar-refractivity contribution is 0.0951. The average Bonchev–Trinajstić information content (AvgIpc) is 3.00. The monoisotopic (exact) mass is 304 g/mol. The molecule has 0 fully saturated rings. The first kappa shape index (κ1) is 15.2. The second-order valence-corrected chi connectivity index (χ2v) is 5.09. The van der Waals surface area contributed by atoms with Crippen molar-refractivity contribution in [2.24, 2.45) is 0 Å². The molecule has 0 bridgehead atoms. The molecule has 1 amide bonds. The minimum absolute atomic E-state index is 0.0628. The Bertz CT molecular complexity index is 675. The molecular formula is C15H13FN2O2S. The lowest BCUT2D eigenvalue weighted by Gasteiger charge is -2.04. The van der Waals surface area contributed by atoms with E-state index in [-0.39, 0.29) is 30.1 Å². The summed E-state index contributed by atoms with van der Waals surface area (Å²) in [6.07, 6.45) is 1.96. The Morgan fingerprint density at radius 3 is 3.00 bits per heavy atom. The molecule has 0 spiro atoms. The van der Waals surface area contributed by atoms with Crippen LogP contribution in [0.25, 0.3) is 0 Å². The van der Waals surface area contributed by atoms with Gasteiger partial charge in [0.2, 0.25) is 0 Å². The second kappa shape index (κ2) is 7.53. The van der Waals surface area contributed by atoms with Gasteiger partial charge in [0.1, 0.15) is 5.82 Å². The first-order valence-corrected chi connectivity index (χ1v) is 7.13. The Kier molecular flexibility index (Phi) is 5.43. The maximum atomic E-state index is 13.8. The summed E-state index contributed by atoms with van der Waals surface area (Å²) in [5.41, 5.74) is 2.13. The van der Waals surface area contributed by atoms with E-state index >= 15 is 0 Å².